The number of carboxylic acids is 1. The first kappa shape index (κ1) is 10.8. The summed E-state index contributed by atoms with van der Waals surface area (Å²) in [5.74, 6) is -0.178. The molecule has 1 heterocycles. The van der Waals surface area contributed by atoms with Crippen molar-refractivity contribution in [3.05, 3.63) is 48.3 Å². The van der Waals surface area contributed by atoms with E-state index in [9.17, 15) is 4.79 Å². The first-order valence-electron chi connectivity index (χ1n) is 4.69. The molecule has 0 amide bonds. The summed E-state index contributed by atoms with van der Waals surface area (Å²) in [6.07, 6.45) is 3.62. The number of aromatic nitrogens is 2. The SMILES string of the molecule is O=C(O)c1ccc(SCn2cccn2)cc1. The van der Waals surface area contributed by atoms with Crippen LogP contribution in [0.3, 0.4) is 0 Å². The Morgan fingerprint density at radius 1 is 1.38 bits per heavy atom. The van der Waals surface area contributed by atoms with E-state index < -0.39 is 5.97 Å². The predicted molar refractivity (Wildman–Crippen MR) is 61.5 cm³/mol. The largest absolute Gasteiger partial charge is 0.478 e. The summed E-state index contributed by atoms with van der Waals surface area (Å²) >= 11 is 1.61. The van der Waals surface area contributed by atoms with E-state index in [4.69, 9.17) is 5.11 Å². The molecule has 0 saturated heterocycles. The van der Waals surface area contributed by atoms with Gasteiger partial charge in [0.15, 0.2) is 0 Å². The molecule has 4 nitrogen and oxygen atoms in total. The van der Waals surface area contributed by atoms with Gasteiger partial charge in [-0.05, 0) is 30.3 Å². The number of carboxylic acid groups (broad SMARTS) is 1. The van der Waals surface area contributed by atoms with Crippen LogP contribution in [-0.2, 0) is 5.88 Å². The fourth-order valence-corrected chi connectivity index (χ4v) is 1.97. The van der Waals surface area contributed by atoms with Crippen LogP contribution in [0.5, 0.6) is 0 Å². The lowest BCUT2D eigenvalue weighted by Gasteiger charge is -2.02. The van der Waals surface area contributed by atoms with Gasteiger partial charge in [0.25, 0.3) is 0 Å². The van der Waals surface area contributed by atoms with Crippen LogP contribution in [0, 0.1) is 0 Å². The zero-order valence-electron chi connectivity index (χ0n) is 8.41. The maximum atomic E-state index is 10.6. The smallest absolute Gasteiger partial charge is 0.335 e. The zero-order chi connectivity index (χ0) is 11.4. The van der Waals surface area contributed by atoms with E-state index in [0.717, 1.165) is 10.8 Å². The monoisotopic (exact) mass is 234 g/mol. The molecular weight excluding hydrogens is 224 g/mol. The average Bonchev–Trinajstić information content (AvgIpc) is 2.80. The molecule has 0 atom stereocenters. The lowest BCUT2D eigenvalue weighted by Crippen LogP contribution is -1.96. The Labute approximate surface area is 96.9 Å². The van der Waals surface area contributed by atoms with Crippen LogP contribution in [0.25, 0.3) is 0 Å². The highest BCUT2D eigenvalue weighted by molar-refractivity contribution is 7.98. The Hall–Kier alpha value is -1.75. The Bertz CT molecular complexity index is 465. The second-order valence-electron chi connectivity index (χ2n) is 3.15. The van der Waals surface area contributed by atoms with E-state index in [2.05, 4.69) is 5.10 Å². The van der Waals surface area contributed by atoms with Gasteiger partial charge in [0.05, 0.1) is 11.4 Å². The highest BCUT2D eigenvalue weighted by Crippen LogP contribution is 2.19. The van der Waals surface area contributed by atoms with E-state index >= 15 is 0 Å². The number of rotatable bonds is 4. The normalized spacial score (nSPS) is 10.2. The molecule has 0 saturated carbocycles. The van der Waals surface area contributed by atoms with Crippen LogP contribution < -0.4 is 0 Å². The third-order valence-corrected chi connectivity index (χ3v) is 3.02. The lowest BCUT2D eigenvalue weighted by atomic mass is 10.2. The molecule has 0 unspecified atom stereocenters. The molecule has 0 bridgehead atoms. The second kappa shape index (κ2) is 4.85. The highest BCUT2D eigenvalue weighted by atomic mass is 32.2. The number of hydrogen-bond acceptors (Lipinski definition) is 3. The molecule has 1 N–H and O–H groups in total. The third-order valence-electron chi connectivity index (χ3n) is 2.02. The van der Waals surface area contributed by atoms with Crippen LogP contribution in [0.2, 0.25) is 0 Å². The molecule has 5 heteroatoms. The van der Waals surface area contributed by atoms with Crippen molar-refractivity contribution in [1.29, 1.82) is 0 Å². The molecule has 16 heavy (non-hydrogen) atoms. The van der Waals surface area contributed by atoms with Gasteiger partial charge in [0, 0.05) is 17.3 Å². The zero-order valence-corrected chi connectivity index (χ0v) is 9.22. The highest BCUT2D eigenvalue weighted by Gasteiger charge is 2.01. The maximum Gasteiger partial charge on any atom is 0.335 e. The fraction of sp³-hybridized carbons (Fsp3) is 0.0909. The number of carbonyl (C=O) groups is 1. The summed E-state index contributed by atoms with van der Waals surface area (Å²) < 4.78 is 1.82. The van der Waals surface area contributed by atoms with Gasteiger partial charge in [-0.15, -0.1) is 11.8 Å². The molecule has 0 aliphatic rings. The van der Waals surface area contributed by atoms with Gasteiger partial charge in [-0.1, -0.05) is 0 Å². The van der Waals surface area contributed by atoms with E-state index in [0.29, 0.717) is 5.56 Å². The molecule has 0 radical (unpaired) electrons. The van der Waals surface area contributed by atoms with Crippen molar-refractivity contribution >= 4 is 17.7 Å². The van der Waals surface area contributed by atoms with Crippen molar-refractivity contribution in [2.45, 2.75) is 10.8 Å². The van der Waals surface area contributed by atoms with Crippen LogP contribution in [0.15, 0.2) is 47.6 Å². The Morgan fingerprint density at radius 3 is 2.69 bits per heavy atom. The molecule has 0 aliphatic heterocycles. The minimum Gasteiger partial charge on any atom is -0.478 e. The van der Waals surface area contributed by atoms with E-state index in [-0.39, 0.29) is 0 Å². The van der Waals surface area contributed by atoms with Gasteiger partial charge < -0.3 is 5.11 Å². The molecule has 82 valence electrons. The molecule has 1 aromatic carbocycles. The Balaban J connectivity index is 1.98. The van der Waals surface area contributed by atoms with Crippen molar-refractivity contribution < 1.29 is 9.90 Å². The number of benzene rings is 1. The second-order valence-corrected chi connectivity index (χ2v) is 4.17. The van der Waals surface area contributed by atoms with Gasteiger partial charge in [-0.2, -0.15) is 5.10 Å². The van der Waals surface area contributed by atoms with E-state index in [1.54, 1.807) is 42.2 Å². The molecule has 0 spiro atoms. The summed E-state index contributed by atoms with van der Waals surface area (Å²) in [5, 5.41) is 12.8. The van der Waals surface area contributed by atoms with Crippen LogP contribution in [0.4, 0.5) is 0 Å². The number of thioether (sulfide) groups is 1. The summed E-state index contributed by atoms with van der Waals surface area (Å²) in [5.41, 5.74) is 0.309. The van der Waals surface area contributed by atoms with Crippen LogP contribution in [0.1, 0.15) is 10.4 Å². The van der Waals surface area contributed by atoms with Crippen molar-refractivity contribution in [1.82, 2.24) is 9.78 Å². The summed E-state index contributed by atoms with van der Waals surface area (Å²) in [6, 6.07) is 8.69. The topological polar surface area (TPSA) is 55.1 Å². The van der Waals surface area contributed by atoms with Gasteiger partial charge in [0.1, 0.15) is 0 Å². The quantitative estimate of drug-likeness (QED) is 0.825. The van der Waals surface area contributed by atoms with Gasteiger partial charge in [-0.25, -0.2) is 4.79 Å². The van der Waals surface area contributed by atoms with Crippen molar-refractivity contribution in [3.8, 4) is 0 Å². The van der Waals surface area contributed by atoms with E-state index in [1.165, 1.54) is 0 Å². The Kier molecular flexibility index (Phi) is 3.26. The number of aromatic carboxylic acids is 1. The lowest BCUT2D eigenvalue weighted by molar-refractivity contribution is 0.0697. The minimum atomic E-state index is -0.899. The summed E-state index contributed by atoms with van der Waals surface area (Å²) in [6.45, 7) is 0. The van der Waals surface area contributed by atoms with Crippen LogP contribution in [-0.4, -0.2) is 20.9 Å². The van der Waals surface area contributed by atoms with Crippen molar-refractivity contribution in [3.63, 3.8) is 0 Å². The minimum absolute atomic E-state index is 0.309. The molecule has 2 aromatic rings. The number of nitrogens with zero attached hydrogens (tertiary/aromatic N) is 2. The third kappa shape index (κ3) is 2.64. The average molecular weight is 234 g/mol. The molecular formula is C11H10N2O2S. The number of hydrogen-bond donors (Lipinski definition) is 1. The summed E-state index contributed by atoms with van der Waals surface area (Å²) in [4.78, 5) is 11.7. The first-order valence-corrected chi connectivity index (χ1v) is 5.68. The van der Waals surface area contributed by atoms with Gasteiger partial charge in [0.2, 0.25) is 0 Å². The fourth-order valence-electron chi connectivity index (χ4n) is 1.21. The predicted octanol–water partition coefficient (Wildman–Crippen LogP) is 2.33. The van der Waals surface area contributed by atoms with E-state index in [1.807, 2.05) is 16.9 Å². The Morgan fingerprint density at radius 2 is 2.12 bits per heavy atom. The molecule has 0 fully saturated rings. The molecule has 2 rings (SSSR count). The maximum absolute atomic E-state index is 10.6. The summed E-state index contributed by atoms with van der Waals surface area (Å²) in [7, 11) is 0. The van der Waals surface area contributed by atoms with Crippen molar-refractivity contribution in [2.75, 3.05) is 0 Å². The molecule has 1 aromatic heterocycles. The first-order chi connectivity index (χ1) is 7.75. The van der Waals surface area contributed by atoms with Gasteiger partial charge >= 0.3 is 5.97 Å². The van der Waals surface area contributed by atoms with Crippen LogP contribution >= 0.6 is 11.8 Å². The standard InChI is InChI=1S/C11H10N2O2S/c14-11(15)9-2-4-10(5-3-9)16-8-13-7-1-6-12-13/h1-7H,8H2,(H,14,15). The molecule has 0 aliphatic carbocycles. The van der Waals surface area contributed by atoms with Gasteiger partial charge in [-0.3, -0.25) is 4.68 Å². The van der Waals surface area contributed by atoms with Crippen molar-refractivity contribution in [2.24, 2.45) is 0 Å².